The van der Waals surface area contributed by atoms with Crippen LogP contribution in [0.2, 0.25) is 10.0 Å². The van der Waals surface area contributed by atoms with Gasteiger partial charge >= 0.3 is 0 Å². The molecule has 2 N–H and O–H groups in total. The van der Waals surface area contributed by atoms with Crippen LogP contribution in [0.4, 0.5) is 0 Å². The molecule has 1 aliphatic heterocycles. The van der Waals surface area contributed by atoms with Crippen LogP contribution in [0.3, 0.4) is 0 Å². The molecule has 0 radical (unpaired) electrons. The number of nitrogens with zero attached hydrogens (tertiary/aromatic N) is 1. The molecule has 2 atom stereocenters. The topological polar surface area (TPSA) is 46.3 Å². The molecule has 2 unspecified atom stereocenters. The van der Waals surface area contributed by atoms with Crippen molar-refractivity contribution in [3.05, 3.63) is 33.8 Å². The molecule has 0 aromatic heterocycles. The maximum Gasteiger partial charge on any atom is 0.255 e. The van der Waals surface area contributed by atoms with Gasteiger partial charge in [-0.1, -0.05) is 30.1 Å². The van der Waals surface area contributed by atoms with Gasteiger partial charge in [-0.05, 0) is 30.5 Å². The Hall–Kier alpha value is -0.480. The first kappa shape index (κ1) is 16.6. The lowest BCUT2D eigenvalue weighted by Crippen LogP contribution is -2.48. The number of rotatable bonds is 1. The van der Waals surface area contributed by atoms with E-state index in [-0.39, 0.29) is 24.4 Å². The summed E-state index contributed by atoms with van der Waals surface area (Å²) in [5.74, 6) is 0.268. The zero-order valence-electron chi connectivity index (χ0n) is 10.6. The quantitative estimate of drug-likeness (QED) is 0.862. The van der Waals surface area contributed by atoms with Crippen molar-refractivity contribution < 1.29 is 4.79 Å². The summed E-state index contributed by atoms with van der Waals surface area (Å²) in [5, 5.41) is 0.931. The van der Waals surface area contributed by atoms with E-state index in [1.807, 2.05) is 4.90 Å². The molecule has 1 aromatic rings. The molecule has 6 heteroatoms. The number of benzene rings is 1. The van der Waals surface area contributed by atoms with Crippen LogP contribution in [0.25, 0.3) is 0 Å². The summed E-state index contributed by atoms with van der Waals surface area (Å²) in [6, 6.07) is 5.12. The first-order chi connectivity index (χ1) is 8.49. The van der Waals surface area contributed by atoms with Crippen molar-refractivity contribution in [2.45, 2.75) is 19.4 Å². The molecular formula is C13H17Cl3N2O. The van der Waals surface area contributed by atoms with Crippen molar-refractivity contribution in [2.75, 3.05) is 13.1 Å². The molecule has 1 amide bonds. The van der Waals surface area contributed by atoms with E-state index in [9.17, 15) is 4.79 Å². The zero-order valence-corrected chi connectivity index (χ0v) is 12.9. The highest BCUT2D eigenvalue weighted by atomic mass is 35.5. The highest BCUT2D eigenvalue weighted by Gasteiger charge is 2.27. The summed E-state index contributed by atoms with van der Waals surface area (Å²) < 4.78 is 0. The average molecular weight is 324 g/mol. The van der Waals surface area contributed by atoms with Gasteiger partial charge in [-0.15, -0.1) is 12.4 Å². The number of carbonyl (C=O) groups is 1. The maximum atomic E-state index is 12.3. The minimum atomic E-state index is -0.0459. The van der Waals surface area contributed by atoms with E-state index < -0.39 is 0 Å². The molecule has 0 saturated carbocycles. The van der Waals surface area contributed by atoms with Gasteiger partial charge in [0.2, 0.25) is 0 Å². The van der Waals surface area contributed by atoms with Crippen molar-refractivity contribution >= 4 is 41.5 Å². The first-order valence-corrected chi connectivity index (χ1v) is 6.74. The molecule has 1 aromatic carbocycles. The van der Waals surface area contributed by atoms with E-state index in [1.54, 1.807) is 18.2 Å². The van der Waals surface area contributed by atoms with E-state index in [2.05, 4.69) is 6.92 Å². The Kier molecular flexibility index (Phi) is 5.93. The zero-order chi connectivity index (χ0) is 13.3. The lowest BCUT2D eigenvalue weighted by molar-refractivity contribution is 0.0664. The summed E-state index contributed by atoms with van der Waals surface area (Å²) in [6.07, 6.45) is 0.831. The maximum absolute atomic E-state index is 12.3. The highest BCUT2D eigenvalue weighted by molar-refractivity contribution is 6.36. The summed E-state index contributed by atoms with van der Waals surface area (Å²) in [4.78, 5) is 14.2. The third-order valence-electron chi connectivity index (χ3n) is 3.42. The van der Waals surface area contributed by atoms with Gasteiger partial charge in [-0.25, -0.2) is 0 Å². The molecule has 1 aliphatic rings. The molecule has 1 saturated heterocycles. The predicted octanol–water partition coefficient (Wildman–Crippen LogP) is 3.22. The Morgan fingerprint density at radius 1 is 1.42 bits per heavy atom. The minimum Gasteiger partial charge on any atom is -0.338 e. The number of likely N-dealkylation sites (tertiary alicyclic amines) is 1. The number of hydrogen-bond donors (Lipinski definition) is 1. The van der Waals surface area contributed by atoms with Gasteiger partial charge in [0.05, 0.1) is 10.6 Å². The van der Waals surface area contributed by atoms with Crippen LogP contribution in [-0.4, -0.2) is 29.9 Å². The van der Waals surface area contributed by atoms with Crippen molar-refractivity contribution in [2.24, 2.45) is 11.7 Å². The molecule has 106 valence electrons. The van der Waals surface area contributed by atoms with E-state index in [1.165, 1.54) is 0 Å². The molecule has 1 heterocycles. The lowest BCUT2D eigenvalue weighted by atomic mass is 9.94. The van der Waals surface area contributed by atoms with Crippen LogP contribution in [0.15, 0.2) is 18.2 Å². The molecule has 0 bridgehead atoms. The number of halogens is 3. The fourth-order valence-corrected chi connectivity index (χ4v) is 2.67. The lowest BCUT2D eigenvalue weighted by Gasteiger charge is -2.35. The molecule has 2 rings (SSSR count). The third kappa shape index (κ3) is 3.76. The van der Waals surface area contributed by atoms with Crippen LogP contribution in [0.5, 0.6) is 0 Å². The van der Waals surface area contributed by atoms with Gasteiger partial charge < -0.3 is 10.6 Å². The number of amides is 1. The average Bonchev–Trinajstić information content (AvgIpc) is 2.32. The number of carbonyl (C=O) groups excluding carboxylic acids is 1. The summed E-state index contributed by atoms with van der Waals surface area (Å²) in [5.41, 5.74) is 6.45. The summed E-state index contributed by atoms with van der Waals surface area (Å²) in [7, 11) is 0. The monoisotopic (exact) mass is 322 g/mol. The van der Waals surface area contributed by atoms with E-state index in [0.29, 0.717) is 34.6 Å². The first-order valence-electron chi connectivity index (χ1n) is 5.99. The molecule has 19 heavy (non-hydrogen) atoms. The fourth-order valence-electron chi connectivity index (χ4n) is 2.18. The van der Waals surface area contributed by atoms with Gasteiger partial charge in [0.15, 0.2) is 0 Å². The normalized spacial score (nSPS) is 22.8. The molecule has 3 nitrogen and oxygen atoms in total. The fraction of sp³-hybridized carbons (Fsp3) is 0.462. The number of hydrogen-bond acceptors (Lipinski definition) is 2. The van der Waals surface area contributed by atoms with E-state index in [0.717, 1.165) is 6.42 Å². The third-order valence-corrected chi connectivity index (χ3v) is 3.97. The smallest absolute Gasteiger partial charge is 0.255 e. The Labute approximate surface area is 129 Å². The van der Waals surface area contributed by atoms with Gasteiger partial charge in [0.1, 0.15) is 0 Å². The number of nitrogens with two attached hydrogens (primary N) is 1. The second-order valence-corrected chi connectivity index (χ2v) is 5.65. The van der Waals surface area contributed by atoms with Crippen molar-refractivity contribution in [3.8, 4) is 0 Å². The van der Waals surface area contributed by atoms with Crippen LogP contribution < -0.4 is 5.73 Å². The molecular weight excluding hydrogens is 307 g/mol. The standard InChI is InChI=1S/C13H16Cl2N2O.ClH/c1-8-7-17(5-4-12(8)16)13(18)10-3-2-9(14)6-11(10)15;/h2-3,6,8,12H,4-5,7,16H2,1H3;1H. The van der Waals surface area contributed by atoms with Crippen molar-refractivity contribution in [3.63, 3.8) is 0 Å². The highest BCUT2D eigenvalue weighted by Crippen LogP contribution is 2.24. The summed E-state index contributed by atoms with van der Waals surface area (Å²) in [6.45, 7) is 3.43. The van der Waals surface area contributed by atoms with Gasteiger partial charge in [-0.2, -0.15) is 0 Å². The van der Waals surface area contributed by atoms with Gasteiger partial charge in [0.25, 0.3) is 5.91 Å². The summed E-state index contributed by atoms with van der Waals surface area (Å²) >= 11 is 11.9. The SMILES string of the molecule is CC1CN(C(=O)c2ccc(Cl)cc2Cl)CCC1N.Cl. The second kappa shape index (κ2) is 6.80. The Morgan fingerprint density at radius 2 is 2.11 bits per heavy atom. The predicted molar refractivity (Wildman–Crippen MR) is 81.4 cm³/mol. The largest absolute Gasteiger partial charge is 0.338 e. The Balaban J connectivity index is 0.00000180. The minimum absolute atomic E-state index is 0. The van der Waals surface area contributed by atoms with Crippen molar-refractivity contribution in [1.29, 1.82) is 0 Å². The molecule has 0 aliphatic carbocycles. The number of piperidine rings is 1. The van der Waals surface area contributed by atoms with Crippen LogP contribution in [0.1, 0.15) is 23.7 Å². The van der Waals surface area contributed by atoms with Crippen LogP contribution in [-0.2, 0) is 0 Å². The van der Waals surface area contributed by atoms with Gasteiger partial charge in [0, 0.05) is 24.2 Å². The Morgan fingerprint density at radius 3 is 2.68 bits per heavy atom. The van der Waals surface area contributed by atoms with E-state index >= 15 is 0 Å². The second-order valence-electron chi connectivity index (χ2n) is 4.81. The van der Waals surface area contributed by atoms with E-state index in [4.69, 9.17) is 28.9 Å². The molecule has 0 spiro atoms. The Bertz CT molecular complexity index is 467. The van der Waals surface area contributed by atoms with Crippen LogP contribution in [0, 0.1) is 5.92 Å². The molecule has 1 fully saturated rings. The van der Waals surface area contributed by atoms with Gasteiger partial charge in [-0.3, -0.25) is 4.79 Å². The van der Waals surface area contributed by atoms with Crippen LogP contribution >= 0.6 is 35.6 Å². The van der Waals surface area contributed by atoms with Crippen molar-refractivity contribution in [1.82, 2.24) is 4.90 Å².